The molecular formula is C22H21FN4O. The molecule has 0 aromatic carbocycles. The molecule has 4 fully saturated rings. The molecule has 28 heavy (non-hydrogen) atoms. The van der Waals surface area contributed by atoms with Gasteiger partial charge in [0.1, 0.15) is 17.2 Å². The standard InChI is InChI=1S/C22H21FN4O/c23-17-1-2-19(26-12-17)20(28)27-22-10-15-7-16(11-22)9-21(8-15,14-22)4-3-18-13-24-5-6-25-18/h1-2,5-6,12-13,15-16H,7-11,14H2,(H,27,28). The third kappa shape index (κ3) is 3.15. The van der Waals surface area contributed by atoms with Crippen molar-refractivity contribution in [2.24, 2.45) is 17.3 Å². The Labute approximate surface area is 163 Å². The van der Waals surface area contributed by atoms with Gasteiger partial charge in [0.25, 0.3) is 5.91 Å². The van der Waals surface area contributed by atoms with Crippen molar-refractivity contribution in [3.63, 3.8) is 0 Å². The van der Waals surface area contributed by atoms with E-state index in [1.54, 1.807) is 18.6 Å². The molecule has 6 heteroatoms. The predicted octanol–water partition coefficient (Wildman–Crippen LogP) is 3.13. The maximum absolute atomic E-state index is 13.1. The Kier molecular flexibility index (Phi) is 3.94. The van der Waals surface area contributed by atoms with Crippen LogP contribution >= 0.6 is 0 Å². The summed E-state index contributed by atoms with van der Waals surface area (Å²) in [7, 11) is 0. The highest BCUT2D eigenvalue weighted by Gasteiger charge is 2.57. The quantitative estimate of drug-likeness (QED) is 0.818. The summed E-state index contributed by atoms with van der Waals surface area (Å²) in [5.74, 6) is 7.24. The smallest absolute Gasteiger partial charge is 0.270 e. The number of carbonyl (C=O) groups excluding carboxylic acids is 1. The first-order valence-electron chi connectivity index (χ1n) is 9.77. The molecule has 2 aromatic rings. The van der Waals surface area contributed by atoms with Crippen molar-refractivity contribution in [2.45, 2.75) is 44.1 Å². The van der Waals surface area contributed by atoms with E-state index in [0.29, 0.717) is 17.5 Å². The highest BCUT2D eigenvalue weighted by Crippen LogP contribution is 2.61. The van der Waals surface area contributed by atoms with Crippen molar-refractivity contribution in [2.75, 3.05) is 0 Å². The summed E-state index contributed by atoms with van der Waals surface area (Å²) in [6.45, 7) is 0. The van der Waals surface area contributed by atoms with Gasteiger partial charge in [-0.05, 0) is 68.4 Å². The van der Waals surface area contributed by atoms with Crippen LogP contribution in [-0.2, 0) is 0 Å². The van der Waals surface area contributed by atoms with E-state index in [1.807, 2.05) is 0 Å². The lowest BCUT2D eigenvalue weighted by Crippen LogP contribution is -2.63. The number of halogens is 1. The van der Waals surface area contributed by atoms with Crippen LogP contribution in [0.2, 0.25) is 0 Å². The Balaban J connectivity index is 1.41. The molecule has 142 valence electrons. The number of hydrogen-bond acceptors (Lipinski definition) is 4. The van der Waals surface area contributed by atoms with Crippen LogP contribution in [0.5, 0.6) is 0 Å². The monoisotopic (exact) mass is 376 g/mol. The molecule has 4 bridgehead atoms. The highest BCUT2D eigenvalue weighted by molar-refractivity contribution is 5.92. The van der Waals surface area contributed by atoms with Gasteiger partial charge < -0.3 is 5.32 Å². The van der Waals surface area contributed by atoms with Gasteiger partial charge in [-0.15, -0.1) is 0 Å². The minimum Gasteiger partial charge on any atom is -0.345 e. The van der Waals surface area contributed by atoms with Gasteiger partial charge in [-0.3, -0.25) is 9.78 Å². The zero-order valence-corrected chi connectivity index (χ0v) is 15.5. The Morgan fingerprint density at radius 3 is 2.61 bits per heavy atom. The molecule has 1 amide bonds. The third-order valence-corrected chi connectivity index (χ3v) is 6.42. The molecule has 6 rings (SSSR count). The lowest BCUT2D eigenvalue weighted by atomic mass is 9.47. The first-order chi connectivity index (χ1) is 13.5. The molecule has 0 saturated heterocycles. The van der Waals surface area contributed by atoms with Gasteiger partial charge >= 0.3 is 0 Å². The molecule has 0 radical (unpaired) electrons. The van der Waals surface area contributed by atoms with Gasteiger partial charge in [-0.1, -0.05) is 5.92 Å². The molecule has 1 N–H and O–H groups in total. The van der Waals surface area contributed by atoms with Crippen LogP contribution in [0.4, 0.5) is 4.39 Å². The Bertz CT molecular complexity index is 950. The summed E-state index contributed by atoms with van der Waals surface area (Å²) in [5.41, 5.74) is 0.628. The van der Waals surface area contributed by atoms with Crippen molar-refractivity contribution in [1.82, 2.24) is 20.3 Å². The highest BCUT2D eigenvalue weighted by atomic mass is 19.1. The van der Waals surface area contributed by atoms with E-state index in [0.717, 1.165) is 38.3 Å². The van der Waals surface area contributed by atoms with Crippen molar-refractivity contribution < 1.29 is 9.18 Å². The summed E-state index contributed by atoms with van der Waals surface area (Å²) < 4.78 is 13.1. The summed E-state index contributed by atoms with van der Waals surface area (Å²) in [5, 5.41) is 3.26. The first-order valence-corrected chi connectivity index (χ1v) is 9.77. The van der Waals surface area contributed by atoms with Crippen LogP contribution in [0.25, 0.3) is 0 Å². The van der Waals surface area contributed by atoms with E-state index >= 15 is 0 Å². The Morgan fingerprint density at radius 1 is 1.11 bits per heavy atom. The fourth-order valence-corrected chi connectivity index (χ4v) is 5.93. The molecule has 2 aromatic heterocycles. The van der Waals surface area contributed by atoms with E-state index in [1.165, 1.54) is 18.6 Å². The number of carbonyl (C=O) groups is 1. The van der Waals surface area contributed by atoms with E-state index in [2.05, 4.69) is 32.1 Å². The molecule has 5 nitrogen and oxygen atoms in total. The van der Waals surface area contributed by atoms with Gasteiger partial charge in [-0.25, -0.2) is 14.4 Å². The maximum atomic E-state index is 13.1. The first kappa shape index (κ1) is 17.3. The van der Waals surface area contributed by atoms with Crippen LogP contribution in [0.3, 0.4) is 0 Å². The average Bonchev–Trinajstić information content (AvgIpc) is 2.66. The van der Waals surface area contributed by atoms with Crippen molar-refractivity contribution in [3.05, 3.63) is 54.1 Å². The molecule has 2 atom stereocenters. The molecule has 4 saturated carbocycles. The van der Waals surface area contributed by atoms with Crippen molar-refractivity contribution in [3.8, 4) is 11.8 Å². The second kappa shape index (κ2) is 6.37. The normalized spacial score (nSPS) is 32.5. The van der Waals surface area contributed by atoms with E-state index < -0.39 is 5.82 Å². The number of hydrogen-bond donors (Lipinski definition) is 1. The summed E-state index contributed by atoms with van der Waals surface area (Å²) >= 11 is 0. The SMILES string of the molecule is O=C(NC12CC3CC(CC(C#Cc4cnccn4)(C3)C1)C2)c1ccc(F)cn1. The predicted molar refractivity (Wildman–Crippen MR) is 100 cm³/mol. The Morgan fingerprint density at radius 2 is 1.93 bits per heavy atom. The van der Waals surface area contributed by atoms with Gasteiger partial charge in [-0.2, -0.15) is 0 Å². The second-order valence-electron chi connectivity index (χ2n) is 8.68. The molecular weight excluding hydrogens is 355 g/mol. The molecule has 2 heterocycles. The fourth-order valence-electron chi connectivity index (χ4n) is 5.93. The topological polar surface area (TPSA) is 67.8 Å². The largest absolute Gasteiger partial charge is 0.345 e. The molecule has 0 spiro atoms. The lowest BCUT2D eigenvalue weighted by molar-refractivity contribution is -0.0484. The van der Waals surface area contributed by atoms with E-state index in [4.69, 9.17) is 0 Å². The second-order valence-corrected chi connectivity index (χ2v) is 8.68. The zero-order chi connectivity index (χ0) is 19.2. The lowest BCUT2D eigenvalue weighted by Gasteiger charge is -2.60. The van der Waals surface area contributed by atoms with E-state index in [-0.39, 0.29) is 22.6 Å². The van der Waals surface area contributed by atoms with E-state index in [9.17, 15) is 9.18 Å². The van der Waals surface area contributed by atoms with Gasteiger partial charge in [0.2, 0.25) is 0 Å². The summed E-state index contributed by atoms with van der Waals surface area (Å²) in [6.07, 6.45) is 12.3. The van der Waals surface area contributed by atoms with Crippen molar-refractivity contribution >= 4 is 5.91 Å². The third-order valence-electron chi connectivity index (χ3n) is 6.42. The molecule has 4 aliphatic carbocycles. The molecule has 0 aliphatic heterocycles. The molecule has 2 unspecified atom stereocenters. The number of amides is 1. The van der Waals surface area contributed by atoms with Crippen LogP contribution in [-0.4, -0.2) is 26.4 Å². The number of nitrogens with one attached hydrogen (secondary N) is 1. The Hall–Kier alpha value is -2.81. The zero-order valence-electron chi connectivity index (χ0n) is 15.5. The maximum Gasteiger partial charge on any atom is 0.270 e. The summed E-state index contributed by atoms with van der Waals surface area (Å²) in [6, 6.07) is 2.71. The number of pyridine rings is 1. The summed E-state index contributed by atoms with van der Waals surface area (Å²) in [4.78, 5) is 25.1. The van der Waals surface area contributed by atoms with Gasteiger partial charge in [0.15, 0.2) is 0 Å². The van der Waals surface area contributed by atoms with Crippen LogP contribution in [0.15, 0.2) is 36.9 Å². The number of aromatic nitrogens is 3. The van der Waals surface area contributed by atoms with Gasteiger partial charge in [0, 0.05) is 23.3 Å². The minimum absolute atomic E-state index is 0.0783. The van der Waals surface area contributed by atoms with Crippen LogP contribution in [0, 0.1) is 34.9 Å². The minimum atomic E-state index is -0.440. The number of rotatable bonds is 2. The van der Waals surface area contributed by atoms with Crippen LogP contribution in [0.1, 0.15) is 54.7 Å². The van der Waals surface area contributed by atoms with Crippen molar-refractivity contribution in [1.29, 1.82) is 0 Å². The fraction of sp³-hybridized carbons (Fsp3) is 0.455. The van der Waals surface area contributed by atoms with Crippen LogP contribution < -0.4 is 5.32 Å². The van der Waals surface area contributed by atoms with Gasteiger partial charge in [0.05, 0.1) is 12.4 Å². The average molecular weight is 376 g/mol. The number of nitrogens with zero attached hydrogens (tertiary/aromatic N) is 3. The molecule has 4 aliphatic rings.